The third kappa shape index (κ3) is 10.2. The normalized spacial score (nSPS) is 22.1. The Hall–Kier alpha value is -0.660. The standard InChI is InChI=1S/C14H26N2O/c1-2-6-10-15-14-16-11-7-3-5-9-13-17-12-8-4-1/h1-13H2. The maximum atomic E-state index is 5.60. The molecule has 0 unspecified atom stereocenters. The van der Waals surface area contributed by atoms with Gasteiger partial charge >= 0.3 is 0 Å². The quantitative estimate of drug-likeness (QED) is 0.633. The van der Waals surface area contributed by atoms with Gasteiger partial charge in [0, 0.05) is 26.3 Å². The van der Waals surface area contributed by atoms with Gasteiger partial charge in [-0.05, 0) is 25.7 Å². The van der Waals surface area contributed by atoms with E-state index in [0.29, 0.717) is 0 Å². The molecule has 0 saturated heterocycles. The summed E-state index contributed by atoms with van der Waals surface area (Å²) in [5.41, 5.74) is 0. The minimum atomic E-state index is 0.879. The number of nitrogens with zero attached hydrogens (tertiary/aromatic N) is 2. The number of rotatable bonds is 0. The van der Waals surface area contributed by atoms with Gasteiger partial charge in [0.15, 0.2) is 0 Å². The summed E-state index contributed by atoms with van der Waals surface area (Å²) in [6.45, 7) is 3.65. The summed E-state index contributed by atoms with van der Waals surface area (Å²) >= 11 is 0. The molecule has 1 rings (SSSR count). The Morgan fingerprint density at radius 1 is 0.588 bits per heavy atom. The molecule has 0 aromatic heterocycles. The first-order valence-electron chi connectivity index (χ1n) is 7.16. The summed E-state index contributed by atoms with van der Waals surface area (Å²) in [5, 5.41) is 0. The molecule has 3 nitrogen and oxygen atoms in total. The van der Waals surface area contributed by atoms with Gasteiger partial charge in [-0.25, -0.2) is 9.98 Å². The van der Waals surface area contributed by atoms with Gasteiger partial charge in [-0.3, -0.25) is 0 Å². The van der Waals surface area contributed by atoms with Gasteiger partial charge in [0.25, 0.3) is 0 Å². The highest BCUT2D eigenvalue weighted by atomic mass is 16.5. The van der Waals surface area contributed by atoms with E-state index in [0.717, 1.165) is 32.7 Å². The number of aliphatic imine (C=N–C) groups is 2. The maximum absolute atomic E-state index is 5.60. The number of ether oxygens (including phenoxy) is 1. The molecule has 0 N–H and O–H groups in total. The smallest absolute Gasteiger partial charge is 0.0892 e. The van der Waals surface area contributed by atoms with Crippen LogP contribution >= 0.6 is 0 Å². The molecule has 3 heteroatoms. The summed E-state index contributed by atoms with van der Waals surface area (Å²) in [4.78, 5) is 8.35. The largest absolute Gasteiger partial charge is 0.381 e. The lowest BCUT2D eigenvalue weighted by atomic mass is 10.1. The molecule has 1 aliphatic rings. The first-order chi connectivity index (χ1) is 8.50. The topological polar surface area (TPSA) is 34.0 Å². The van der Waals surface area contributed by atoms with Gasteiger partial charge in [0.2, 0.25) is 0 Å². The molecule has 1 heterocycles. The maximum Gasteiger partial charge on any atom is 0.0892 e. The summed E-state index contributed by atoms with van der Waals surface area (Å²) in [6.07, 6.45) is 11.1. The summed E-state index contributed by atoms with van der Waals surface area (Å²) in [5.74, 6) is 0. The summed E-state index contributed by atoms with van der Waals surface area (Å²) in [6, 6.07) is 2.80. The van der Waals surface area contributed by atoms with Crippen LogP contribution in [0.25, 0.3) is 0 Å². The Morgan fingerprint density at radius 3 is 1.65 bits per heavy atom. The Labute approximate surface area is 105 Å². The van der Waals surface area contributed by atoms with Crippen LogP contribution in [0.15, 0.2) is 9.98 Å². The molecule has 0 radical (unpaired) electrons. The van der Waals surface area contributed by atoms with Crippen molar-refractivity contribution in [2.75, 3.05) is 26.3 Å². The average molecular weight is 238 g/mol. The molecule has 0 aromatic rings. The van der Waals surface area contributed by atoms with Crippen LogP contribution in [-0.2, 0) is 4.74 Å². The van der Waals surface area contributed by atoms with E-state index in [1.54, 1.807) is 0 Å². The van der Waals surface area contributed by atoms with Crippen molar-refractivity contribution < 1.29 is 4.74 Å². The molecule has 0 spiro atoms. The van der Waals surface area contributed by atoms with E-state index in [1.165, 1.54) is 51.4 Å². The summed E-state index contributed by atoms with van der Waals surface area (Å²) in [7, 11) is 0. The van der Waals surface area contributed by atoms with Crippen LogP contribution in [0.1, 0.15) is 57.8 Å². The molecule has 0 aromatic carbocycles. The van der Waals surface area contributed by atoms with Crippen molar-refractivity contribution in [2.24, 2.45) is 9.98 Å². The fourth-order valence-corrected chi connectivity index (χ4v) is 1.93. The molecule has 0 bridgehead atoms. The van der Waals surface area contributed by atoms with Crippen molar-refractivity contribution in [1.29, 1.82) is 0 Å². The van der Waals surface area contributed by atoms with Crippen molar-refractivity contribution in [3.05, 3.63) is 0 Å². The lowest BCUT2D eigenvalue weighted by Gasteiger charge is -2.04. The van der Waals surface area contributed by atoms with Crippen molar-refractivity contribution in [3.8, 4) is 0 Å². The van der Waals surface area contributed by atoms with Crippen LogP contribution < -0.4 is 0 Å². The predicted octanol–water partition coefficient (Wildman–Crippen LogP) is 3.70. The van der Waals surface area contributed by atoms with Gasteiger partial charge < -0.3 is 4.74 Å². The van der Waals surface area contributed by atoms with Crippen LogP contribution in [0.3, 0.4) is 0 Å². The van der Waals surface area contributed by atoms with Crippen molar-refractivity contribution in [3.63, 3.8) is 0 Å². The SMILES string of the molecule is C1=NCCCCCCCOCCCCCCN=1. The second-order valence-corrected chi connectivity index (χ2v) is 4.66. The Bertz CT molecular complexity index is 202. The van der Waals surface area contributed by atoms with E-state index >= 15 is 0 Å². The molecule has 1 aliphatic heterocycles. The molecule has 0 saturated carbocycles. The van der Waals surface area contributed by atoms with Gasteiger partial charge in [-0.1, -0.05) is 32.1 Å². The highest BCUT2D eigenvalue weighted by Crippen LogP contribution is 2.05. The molecular weight excluding hydrogens is 212 g/mol. The van der Waals surface area contributed by atoms with Crippen LogP contribution in [0.4, 0.5) is 0 Å². The third-order valence-electron chi connectivity index (χ3n) is 3.01. The van der Waals surface area contributed by atoms with E-state index in [2.05, 4.69) is 16.0 Å². The zero-order chi connectivity index (χ0) is 12.0. The third-order valence-corrected chi connectivity index (χ3v) is 3.01. The van der Waals surface area contributed by atoms with E-state index in [1.807, 2.05) is 0 Å². The number of hydrogen-bond donors (Lipinski definition) is 0. The Balaban J connectivity index is 2.14. The van der Waals surface area contributed by atoms with Crippen LogP contribution in [-0.4, -0.2) is 32.3 Å². The van der Waals surface area contributed by atoms with Crippen LogP contribution in [0, 0.1) is 0 Å². The Kier molecular flexibility index (Phi) is 10.0. The van der Waals surface area contributed by atoms with Gasteiger partial charge in [0.05, 0.1) is 6.01 Å². The molecule has 98 valence electrons. The second-order valence-electron chi connectivity index (χ2n) is 4.66. The molecule has 0 aliphatic carbocycles. The molecular formula is C14H26N2O. The second kappa shape index (κ2) is 11.8. The monoisotopic (exact) mass is 238 g/mol. The van der Waals surface area contributed by atoms with Crippen molar-refractivity contribution in [1.82, 2.24) is 0 Å². The first kappa shape index (κ1) is 14.4. The van der Waals surface area contributed by atoms with E-state index < -0.39 is 0 Å². The van der Waals surface area contributed by atoms with Crippen molar-refractivity contribution in [2.45, 2.75) is 57.8 Å². The number of hydrogen-bond acceptors (Lipinski definition) is 3. The zero-order valence-electron chi connectivity index (χ0n) is 11.0. The molecule has 0 amide bonds. The van der Waals surface area contributed by atoms with E-state index in [4.69, 9.17) is 4.74 Å². The van der Waals surface area contributed by atoms with E-state index in [9.17, 15) is 0 Å². The highest BCUT2D eigenvalue weighted by Gasteiger charge is 1.93. The lowest BCUT2D eigenvalue weighted by molar-refractivity contribution is 0.125. The van der Waals surface area contributed by atoms with Crippen molar-refractivity contribution >= 4 is 6.01 Å². The minimum absolute atomic E-state index is 0.879. The van der Waals surface area contributed by atoms with Gasteiger partial charge in [-0.2, -0.15) is 0 Å². The average Bonchev–Trinajstić information content (AvgIpc) is 2.35. The highest BCUT2D eigenvalue weighted by molar-refractivity contribution is 5.40. The minimum Gasteiger partial charge on any atom is -0.381 e. The first-order valence-corrected chi connectivity index (χ1v) is 7.16. The molecule has 17 heavy (non-hydrogen) atoms. The summed E-state index contributed by atoms with van der Waals surface area (Å²) < 4.78 is 5.60. The van der Waals surface area contributed by atoms with Gasteiger partial charge in [-0.15, -0.1) is 0 Å². The lowest BCUT2D eigenvalue weighted by Crippen LogP contribution is -1.97. The fourth-order valence-electron chi connectivity index (χ4n) is 1.93. The predicted molar refractivity (Wildman–Crippen MR) is 72.0 cm³/mol. The van der Waals surface area contributed by atoms with Crippen LogP contribution in [0.2, 0.25) is 0 Å². The zero-order valence-corrected chi connectivity index (χ0v) is 11.0. The fraction of sp³-hybridized carbons (Fsp3) is 0.929. The van der Waals surface area contributed by atoms with Crippen LogP contribution in [0.5, 0.6) is 0 Å². The molecule has 0 fully saturated rings. The molecule has 0 atom stereocenters. The van der Waals surface area contributed by atoms with Gasteiger partial charge in [0.1, 0.15) is 0 Å². The van der Waals surface area contributed by atoms with E-state index in [-0.39, 0.29) is 0 Å². The Morgan fingerprint density at radius 2 is 1.06 bits per heavy atom.